The zero-order valence-electron chi connectivity index (χ0n) is 9.32. The largest absolute Gasteiger partial charge is 0.395 e. The maximum Gasteiger partial charge on any atom is 0.0558 e. The van der Waals surface area contributed by atoms with Gasteiger partial charge in [-0.2, -0.15) is 0 Å². The van der Waals surface area contributed by atoms with Gasteiger partial charge in [0.05, 0.1) is 13.2 Å². The highest BCUT2D eigenvalue weighted by Crippen LogP contribution is 2.33. The van der Waals surface area contributed by atoms with Crippen molar-refractivity contribution in [1.29, 1.82) is 0 Å². The molecule has 0 aromatic carbocycles. The molecule has 1 atom stereocenters. The van der Waals surface area contributed by atoms with Gasteiger partial charge in [0, 0.05) is 37.7 Å². The number of rotatable bonds is 6. The zero-order chi connectivity index (χ0) is 10.7. The Morgan fingerprint density at radius 2 is 2.27 bits per heavy atom. The molecule has 0 spiro atoms. The molecule has 4 nitrogen and oxygen atoms in total. The first-order valence-corrected chi connectivity index (χ1v) is 5.92. The Labute approximate surface area is 91.4 Å². The average Bonchev–Trinajstić information content (AvgIpc) is 3.00. The summed E-state index contributed by atoms with van der Waals surface area (Å²) in [6.45, 7) is 4.35. The summed E-state index contributed by atoms with van der Waals surface area (Å²) in [5, 5.41) is 9.04. The molecule has 0 aromatic heterocycles. The van der Waals surface area contributed by atoms with Gasteiger partial charge in [-0.1, -0.05) is 0 Å². The van der Waals surface area contributed by atoms with Gasteiger partial charge in [-0.15, -0.1) is 0 Å². The molecule has 1 saturated carbocycles. The van der Waals surface area contributed by atoms with E-state index in [0.717, 1.165) is 32.7 Å². The van der Waals surface area contributed by atoms with Gasteiger partial charge in [-0.25, -0.2) is 0 Å². The highest BCUT2D eigenvalue weighted by atomic mass is 16.5. The molecule has 15 heavy (non-hydrogen) atoms. The lowest BCUT2D eigenvalue weighted by atomic mass is 9.86. The monoisotopic (exact) mass is 214 g/mol. The number of aliphatic hydroxyl groups excluding tert-OH is 1. The second kappa shape index (κ2) is 4.78. The SMILES string of the molecule is NCC1(CN(CCO)C2CC2)CCOC1. The number of aliphatic hydroxyl groups is 1. The topological polar surface area (TPSA) is 58.7 Å². The minimum atomic E-state index is 0.151. The van der Waals surface area contributed by atoms with Gasteiger partial charge >= 0.3 is 0 Å². The van der Waals surface area contributed by atoms with E-state index in [1.807, 2.05) is 0 Å². The zero-order valence-corrected chi connectivity index (χ0v) is 9.32. The van der Waals surface area contributed by atoms with Crippen LogP contribution in [0.3, 0.4) is 0 Å². The standard InChI is InChI=1S/C11H22N2O2/c12-7-11(3-6-15-9-11)8-13(4-5-14)10-1-2-10/h10,14H,1-9,12H2. The third kappa shape index (κ3) is 2.69. The Bertz CT molecular complexity index is 201. The van der Waals surface area contributed by atoms with Crippen molar-refractivity contribution in [3.8, 4) is 0 Å². The van der Waals surface area contributed by atoms with Crippen LogP contribution in [0.15, 0.2) is 0 Å². The van der Waals surface area contributed by atoms with E-state index in [0.29, 0.717) is 12.6 Å². The molecule has 1 saturated heterocycles. The summed E-state index contributed by atoms with van der Waals surface area (Å²) in [6, 6.07) is 0.696. The van der Waals surface area contributed by atoms with E-state index < -0.39 is 0 Å². The van der Waals surface area contributed by atoms with Gasteiger partial charge in [0.2, 0.25) is 0 Å². The fourth-order valence-corrected chi connectivity index (χ4v) is 2.39. The molecule has 88 valence electrons. The average molecular weight is 214 g/mol. The maximum atomic E-state index is 9.04. The lowest BCUT2D eigenvalue weighted by Gasteiger charge is -2.33. The van der Waals surface area contributed by atoms with E-state index in [-0.39, 0.29) is 12.0 Å². The van der Waals surface area contributed by atoms with E-state index in [1.165, 1.54) is 12.8 Å². The molecule has 1 heterocycles. The number of nitrogens with two attached hydrogens (primary N) is 1. The number of hydrogen-bond donors (Lipinski definition) is 2. The first-order valence-electron chi connectivity index (χ1n) is 5.92. The van der Waals surface area contributed by atoms with E-state index in [2.05, 4.69) is 4.90 Å². The Hall–Kier alpha value is -0.160. The first-order chi connectivity index (χ1) is 7.29. The fourth-order valence-electron chi connectivity index (χ4n) is 2.39. The van der Waals surface area contributed by atoms with Gasteiger partial charge in [0.25, 0.3) is 0 Å². The number of hydrogen-bond acceptors (Lipinski definition) is 4. The summed E-state index contributed by atoms with van der Waals surface area (Å²) < 4.78 is 5.46. The minimum Gasteiger partial charge on any atom is -0.395 e. The molecule has 1 aliphatic carbocycles. The van der Waals surface area contributed by atoms with Crippen LogP contribution in [-0.4, -0.2) is 55.5 Å². The number of ether oxygens (including phenoxy) is 1. The second-order valence-electron chi connectivity index (χ2n) is 4.93. The molecule has 2 fully saturated rings. The van der Waals surface area contributed by atoms with E-state index in [4.69, 9.17) is 15.6 Å². The van der Waals surface area contributed by atoms with Crippen LogP contribution >= 0.6 is 0 Å². The third-order valence-corrected chi connectivity index (χ3v) is 3.61. The van der Waals surface area contributed by atoms with E-state index >= 15 is 0 Å². The molecule has 2 rings (SSSR count). The molecule has 0 aromatic rings. The Kier molecular flexibility index (Phi) is 3.61. The lowest BCUT2D eigenvalue weighted by Crippen LogP contribution is -2.45. The predicted octanol–water partition coefficient (Wildman–Crippen LogP) is -0.192. The minimum absolute atomic E-state index is 0.151. The van der Waals surface area contributed by atoms with Crippen molar-refractivity contribution in [3.63, 3.8) is 0 Å². The molecule has 4 heteroatoms. The smallest absolute Gasteiger partial charge is 0.0558 e. The molecular weight excluding hydrogens is 192 g/mol. The van der Waals surface area contributed by atoms with Crippen molar-refractivity contribution in [3.05, 3.63) is 0 Å². The van der Waals surface area contributed by atoms with Crippen LogP contribution in [0.5, 0.6) is 0 Å². The molecule has 2 aliphatic rings. The quantitative estimate of drug-likeness (QED) is 0.643. The number of nitrogens with zero attached hydrogens (tertiary/aromatic N) is 1. The summed E-state index contributed by atoms with van der Waals surface area (Å²) in [6.07, 6.45) is 3.63. The van der Waals surface area contributed by atoms with Crippen LogP contribution in [0.25, 0.3) is 0 Å². The lowest BCUT2D eigenvalue weighted by molar-refractivity contribution is 0.0981. The van der Waals surface area contributed by atoms with Crippen molar-refractivity contribution in [1.82, 2.24) is 4.90 Å². The van der Waals surface area contributed by atoms with Crippen molar-refractivity contribution in [2.24, 2.45) is 11.1 Å². The van der Waals surface area contributed by atoms with Crippen molar-refractivity contribution in [2.45, 2.75) is 25.3 Å². The van der Waals surface area contributed by atoms with Crippen LogP contribution in [-0.2, 0) is 4.74 Å². The van der Waals surface area contributed by atoms with Gasteiger partial charge in [-0.3, -0.25) is 4.90 Å². The normalized spacial score (nSPS) is 31.4. The van der Waals surface area contributed by atoms with E-state index in [9.17, 15) is 0 Å². The first kappa shape index (κ1) is 11.3. The van der Waals surface area contributed by atoms with Gasteiger partial charge in [0.15, 0.2) is 0 Å². The van der Waals surface area contributed by atoms with Crippen LogP contribution < -0.4 is 5.73 Å². The molecule has 0 amide bonds. The summed E-state index contributed by atoms with van der Waals surface area (Å²) in [5.41, 5.74) is 6.02. The molecule has 3 N–H and O–H groups in total. The molecule has 1 unspecified atom stereocenters. The Morgan fingerprint density at radius 1 is 1.47 bits per heavy atom. The van der Waals surface area contributed by atoms with Crippen LogP contribution in [0.4, 0.5) is 0 Å². The van der Waals surface area contributed by atoms with Gasteiger partial charge in [-0.05, 0) is 19.3 Å². The molecule has 1 aliphatic heterocycles. The van der Waals surface area contributed by atoms with E-state index in [1.54, 1.807) is 0 Å². The Balaban J connectivity index is 1.90. The summed E-state index contributed by atoms with van der Waals surface area (Å²) in [7, 11) is 0. The predicted molar refractivity (Wildman–Crippen MR) is 58.6 cm³/mol. The highest BCUT2D eigenvalue weighted by molar-refractivity contribution is 4.92. The van der Waals surface area contributed by atoms with Gasteiger partial charge in [0.1, 0.15) is 0 Å². The third-order valence-electron chi connectivity index (χ3n) is 3.61. The van der Waals surface area contributed by atoms with Crippen molar-refractivity contribution < 1.29 is 9.84 Å². The van der Waals surface area contributed by atoms with Crippen LogP contribution in [0.1, 0.15) is 19.3 Å². The summed E-state index contributed by atoms with van der Waals surface area (Å²) >= 11 is 0. The van der Waals surface area contributed by atoms with Crippen molar-refractivity contribution in [2.75, 3.05) is 39.5 Å². The molecule has 0 radical (unpaired) electrons. The molecule has 0 bridgehead atoms. The molecular formula is C11H22N2O2. The maximum absolute atomic E-state index is 9.04. The van der Waals surface area contributed by atoms with Gasteiger partial charge < -0.3 is 15.6 Å². The fraction of sp³-hybridized carbons (Fsp3) is 1.00. The Morgan fingerprint density at radius 3 is 2.73 bits per heavy atom. The highest BCUT2D eigenvalue weighted by Gasteiger charge is 2.39. The summed E-state index contributed by atoms with van der Waals surface area (Å²) in [5.74, 6) is 0. The van der Waals surface area contributed by atoms with Crippen LogP contribution in [0.2, 0.25) is 0 Å². The van der Waals surface area contributed by atoms with Crippen molar-refractivity contribution >= 4 is 0 Å². The summed E-state index contributed by atoms with van der Waals surface area (Å²) in [4.78, 5) is 2.39. The second-order valence-corrected chi connectivity index (χ2v) is 4.93. The van der Waals surface area contributed by atoms with Crippen LogP contribution in [0, 0.1) is 5.41 Å².